The summed E-state index contributed by atoms with van der Waals surface area (Å²) in [5.41, 5.74) is -1.13. The highest BCUT2D eigenvalue weighted by Crippen LogP contribution is 2.46. The summed E-state index contributed by atoms with van der Waals surface area (Å²) in [5, 5.41) is 8.91. The first-order chi connectivity index (χ1) is 8.34. The van der Waals surface area contributed by atoms with Crippen molar-refractivity contribution in [3.63, 3.8) is 0 Å². The van der Waals surface area contributed by atoms with Gasteiger partial charge in [0.1, 0.15) is 5.67 Å². The molecular formula is C11H9F4N3. The van der Waals surface area contributed by atoms with Crippen molar-refractivity contribution in [2.24, 2.45) is 0 Å². The van der Waals surface area contributed by atoms with Crippen LogP contribution in [0.2, 0.25) is 0 Å². The van der Waals surface area contributed by atoms with Crippen molar-refractivity contribution < 1.29 is 17.6 Å². The normalized spacial score (nSPS) is 19.1. The van der Waals surface area contributed by atoms with Crippen molar-refractivity contribution >= 4 is 0 Å². The summed E-state index contributed by atoms with van der Waals surface area (Å²) in [6.07, 6.45) is -1.96. The van der Waals surface area contributed by atoms with Gasteiger partial charge in [0, 0.05) is 24.4 Å². The van der Waals surface area contributed by atoms with Gasteiger partial charge in [-0.05, 0) is 12.8 Å². The largest absolute Gasteiger partial charge is 0.451 e. The van der Waals surface area contributed by atoms with Gasteiger partial charge in [0.2, 0.25) is 5.82 Å². The number of nitrogens with zero attached hydrogens (tertiary/aromatic N) is 3. The molecule has 0 radical (unpaired) electrons. The molecule has 1 aliphatic carbocycles. The number of alkyl halides is 4. The van der Waals surface area contributed by atoms with Crippen molar-refractivity contribution in [3.05, 3.63) is 23.8 Å². The molecule has 0 saturated heterocycles. The van der Waals surface area contributed by atoms with Gasteiger partial charge < -0.3 is 0 Å². The zero-order valence-corrected chi connectivity index (χ0v) is 9.21. The van der Waals surface area contributed by atoms with Crippen LogP contribution in [0.1, 0.15) is 36.6 Å². The van der Waals surface area contributed by atoms with Crippen LogP contribution in [0.4, 0.5) is 17.6 Å². The summed E-state index contributed by atoms with van der Waals surface area (Å²) in [5.74, 6) is -2.07. The lowest BCUT2D eigenvalue weighted by Crippen LogP contribution is -2.13. The van der Waals surface area contributed by atoms with Crippen molar-refractivity contribution in [2.45, 2.75) is 37.0 Å². The Bertz CT molecular complexity index is 471. The molecule has 1 aliphatic rings. The first-order valence-corrected chi connectivity index (χ1v) is 5.32. The summed E-state index contributed by atoms with van der Waals surface area (Å²) in [7, 11) is 0. The van der Waals surface area contributed by atoms with E-state index in [2.05, 4.69) is 9.97 Å². The molecule has 1 atom stereocenters. The van der Waals surface area contributed by atoms with E-state index in [-0.39, 0.29) is 12.0 Å². The zero-order chi connectivity index (χ0) is 13.4. The second kappa shape index (κ2) is 4.19. The molecule has 1 fully saturated rings. The maximum atomic E-state index is 13.5. The van der Waals surface area contributed by atoms with Gasteiger partial charge in [0.05, 0.1) is 12.0 Å². The van der Waals surface area contributed by atoms with Crippen molar-refractivity contribution in [2.75, 3.05) is 0 Å². The molecule has 0 aromatic carbocycles. The second-order valence-electron chi connectivity index (χ2n) is 4.37. The summed E-state index contributed by atoms with van der Waals surface area (Å²) in [4.78, 5) is 6.32. The van der Waals surface area contributed by atoms with Crippen LogP contribution >= 0.6 is 0 Å². The van der Waals surface area contributed by atoms with Crippen LogP contribution in [-0.4, -0.2) is 15.6 Å². The molecule has 0 spiro atoms. The van der Waals surface area contributed by atoms with Gasteiger partial charge in [-0.3, -0.25) is 0 Å². The molecule has 1 heterocycles. The number of hydrogen-bond donors (Lipinski definition) is 0. The number of nitriles is 1. The molecule has 0 bridgehead atoms. The van der Waals surface area contributed by atoms with E-state index in [9.17, 15) is 17.6 Å². The third-order valence-electron chi connectivity index (χ3n) is 2.85. The van der Waals surface area contributed by atoms with Crippen LogP contribution in [0.3, 0.4) is 0 Å². The first kappa shape index (κ1) is 12.7. The fraction of sp³-hybridized carbons (Fsp3) is 0.545. The van der Waals surface area contributed by atoms with E-state index in [0.29, 0.717) is 12.8 Å². The van der Waals surface area contributed by atoms with Gasteiger partial charge in [0.25, 0.3) is 0 Å². The Hall–Kier alpha value is -1.71. The van der Waals surface area contributed by atoms with Crippen molar-refractivity contribution in [3.8, 4) is 6.07 Å². The lowest BCUT2D eigenvalue weighted by atomic mass is 9.96. The topological polar surface area (TPSA) is 49.6 Å². The zero-order valence-electron chi connectivity index (χ0n) is 9.21. The molecule has 3 nitrogen and oxygen atoms in total. The van der Waals surface area contributed by atoms with E-state index < -0.39 is 23.6 Å². The predicted molar refractivity (Wildman–Crippen MR) is 53.1 cm³/mol. The molecule has 1 aromatic heterocycles. The van der Waals surface area contributed by atoms with Gasteiger partial charge in [0.15, 0.2) is 0 Å². The maximum Gasteiger partial charge on any atom is 0.451 e. The van der Waals surface area contributed by atoms with E-state index in [1.165, 1.54) is 0 Å². The molecule has 1 aromatic rings. The monoisotopic (exact) mass is 259 g/mol. The number of rotatable bonds is 3. The molecule has 1 saturated carbocycles. The molecule has 0 aliphatic heterocycles. The van der Waals surface area contributed by atoms with Crippen molar-refractivity contribution in [1.82, 2.24) is 9.97 Å². The molecular weight excluding hydrogens is 250 g/mol. The Morgan fingerprint density at radius 3 is 2.28 bits per heavy atom. The fourth-order valence-electron chi connectivity index (χ4n) is 1.61. The Kier molecular flexibility index (Phi) is 2.97. The van der Waals surface area contributed by atoms with Crippen molar-refractivity contribution in [1.29, 1.82) is 5.26 Å². The molecule has 0 amide bonds. The van der Waals surface area contributed by atoms with E-state index in [1.807, 2.05) is 6.07 Å². The molecule has 2 rings (SSSR count). The Labute approximate surface area is 100 Å². The smallest absolute Gasteiger partial charge is 0.244 e. The molecule has 96 valence electrons. The predicted octanol–water partition coefficient (Wildman–Crippen LogP) is 2.99. The van der Waals surface area contributed by atoms with Crippen LogP contribution < -0.4 is 0 Å². The summed E-state index contributed by atoms with van der Waals surface area (Å²) in [6.45, 7) is 0. The van der Waals surface area contributed by atoms with E-state index in [0.717, 1.165) is 12.4 Å². The Morgan fingerprint density at radius 1 is 1.33 bits per heavy atom. The third kappa shape index (κ3) is 2.75. The van der Waals surface area contributed by atoms with E-state index in [4.69, 9.17) is 5.26 Å². The summed E-state index contributed by atoms with van der Waals surface area (Å²) in [6, 6.07) is 1.87. The first-order valence-electron chi connectivity index (χ1n) is 5.32. The lowest BCUT2D eigenvalue weighted by Gasteiger charge is -2.12. The van der Waals surface area contributed by atoms with Gasteiger partial charge in [-0.25, -0.2) is 14.4 Å². The van der Waals surface area contributed by atoms with Crippen LogP contribution in [0.15, 0.2) is 12.4 Å². The molecule has 0 N–H and O–H groups in total. The lowest BCUT2D eigenvalue weighted by molar-refractivity contribution is -0.145. The van der Waals surface area contributed by atoms with E-state index in [1.54, 1.807) is 0 Å². The minimum Gasteiger partial charge on any atom is -0.244 e. The second-order valence-corrected chi connectivity index (χ2v) is 4.37. The van der Waals surface area contributed by atoms with Gasteiger partial charge in [-0.2, -0.15) is 18.4 Å². The number of halogens is 4. The summed E-state index contributed by atoms with van der Waals surface area (Å²) >= 11 is 0. The highest BCUT2D eigenvalue weighted by atomic mass is 19.4. The highest BCUT2D eigenvalue weighted by molar-refractivity contribution is 5.21. The van der Waals surface area contributed by atoms with Gasteiger partial charge in [-0.15, -0.1) is 0 Å². The van der Waals surface area contributed by atoms with Crippen LogP contribution in [0.25, 0.3) is 0 Å². The average molecular weight is 259 g/mol. The molecule has 0 unspecified atom stereocenters. The number of aromatic nitrogens is 2. The highest BCUT2D eigenvalue weighted by Gasteiger charge is 2.45. The van der Waals surface area contributed by atoms with Crippen LogP contribution in [0.5, 0.6) is 0 Å². The number of hydrogen-bond acceptors (Lipinski definition) is 3. The molecule has 7 heteroatoms. The fourth-order valence-corrected chi connectivity index (χ4v) is 1.61. The van der Waals surface area contributed by atoms with Crippen LogP contribution in [0, 0.1) is 11.3 Å². The van der Waals surface area contributed by atoms with Gasteiger partial charge in [-0.1, -0.05) is 0 Å². The van der Waals surface area contributed by atoms with E-state index >= 15 is 0 Å². The molecule has 18 heavy (non-hydrogen) atoms. The SMILES string of the molecule is N#C[C@@H](CC1(F)CC1)c1cnc(C(F)(F)F)nc1. The van der Waals surface area contributed by atoms with Gasteiger partial charge >= 0.3 is 6.18 Å². The quantitative estimate of drug-likeness (QED) is 0.784. The minimum atomic E-state index is -4.61. The average Bonchev–Trinajstić information content (AvgIpc) is 3.04. The standard InChI is InChI=1S/C11H9F4N3/c12-10(1-2-10)3-7(4-16)8-5-17-9(18-6-8)11(13,14)15/h5-7H,1-3H2/t7-/m1/s1. The minimum absolute atomic E-state index is 0.0157. The Morgan fingerprint density at radius 2 is 1.89 bits per heavy atom. The Balaban J connectivity index is 2.15. The van der Waals surface area contributed by atoms with Crippen LogP contribution in [-0.2, 0) is 6.18 Å². The summed E-state index contributed by atoms with van der Waals surface area (Å²) < 4.78 is 50.2. The maximum absolute atomic E-state index is 13.5. The third-order valence-corrected chi connectivity index (χ3v) is 2.85.